The normalized spacial score (nSPS) is 11.8. The van der Waals surface area contributed by atoms with E-state index in [1.54, 1.807) is 13.0 Å². The molecule has 1 unspecified atom stereocenters. The van der Waals surface area contributed by atoms with Crippen LogP contribution in [0.3, 0.4) is 0 Å². The first kappa shape index (κ1) is 13.2. The minimum atomic E-state index is -0.533. The second kappa shape index (κ2) is 5.62. The number of hydrogen-bond donors (Lipinski definition) is 2. The van der Waals surface area contributed by atoms with Crippen LogP contribution < -0.4 is 11.1 Å². The molecule has 1 aromatic heterocycles. The van der Waals surface area contributed by atoms with Crippen LogP contribution >= 0.6 is 12.2 Å². The number of nitrogens with zero attached hydrogens (tertiary/aromatic N) is 1. The van der Waals surface area contributed by atoms with Crippen molar-refractivity contribution in [2.45, 2.75) is 13.0 Å². The van der Waals surface area contributed by atoms with Crippen LogP contribution in [0.15, 0.2) is 40.9 Å². The van der Waals surface area contributed by atoms with Crippen LogP contribution in [-0.4, -0.2) is 16.1 Å². The van der Waals surface area contributed by atoms with Crippen molar-refractivity contribution in [3.05, 3.63) is 53.4 Å². The molecule has 0 bridgehead atoms. The summed E-state index contributed by atoms with van der Waals surface area (Å²) in [6.45, 7) is 1.74. The Morgan fingerprint density at radius 1 is 1.42 bits per heavy atom. The molecule has 0 aliphatic rings. The number of benzene rings is 1. The second-order valence-corrected chi connectivity index (χ2v) is 4.52. The summed E-state index contributed by atoms with van der Waals surface area (Å²) in [5.74, 6) is -0.267. The Morgan fingerprint density at radius 3 is 2.63 bits per heavy atom. The number of hydrogen-bond acceptors (Lipinski definition) is 4. The van der Waals surface area contributed by atoms with E-state index in [1.165, 1.54) is 0 Å². The number of carbonyl (C=O) groups is 1. The summed E-state index contributed by atoms with van der Waals surface area (Å²) in [6.07, 6.45) is 0. The molecule has 1 atom stereocenters. The lowest BCUT2D eigenvalue weighted by Gasteiger charge is -2.16. The highest BCUT2D eigenvalue weighted by molar-refractivity contribution is 7.80. The van der Waals surface area contributed by atoms with Crippen LogP contribution in [0.2, 0.25) is 0 Å². The van der Waals surface area contributed by atoms with Gasteiger partial charge < -0.3 is 15.6 Å². The topological polar surface area (TPSA) is 81.2 Å². The molecule has 3 N–H and O–H groups in total. The van der Waals surface area contributed by atoms with Crippen molar-refractivity contribution in [2.24, 2.45) is 5.73 Å². The van der Waals surface area contributed by atoms with Gasteiger partial charge in [-0.3, -0.25) is 4.79 Å². The van der Waals surface area contributed by atoms with E-state index < -0.39 is 11.9 Å². The average molecular weight is 275 g/mol. The quantitative estimate of drug-likeness (QED) is 0.831. The van der Waals surface area contributed by atoms with Crippen molar-refractivity contribution in [1.82, 2.24) is 10.5 Å². The van der Waals surface area contributed by atoms with Gasteiger partial charge in [0.2, 0.25) is 5.76 Å². The Kier molecular flexibility index (Phi) is 3.91. The van der Waals surface area contributed by atoms with Gasteiger partial charge in [0, 0.05) is 6.07 Å². The molecular weight excluding hydrogens is 262 g/mol. The lowest BCUT2D eigenvalue weighted by Crippen LogP contribution is -2.36. The van der Waals surface area contributed by atoms with Gasteiger partial charge in [-0.05, 0) is 12.5 Å². The van der Waals surface area contributed by atoms with Gasteiger partial charge in [-0.2, -0.15) is 0 Å². The van der Waals surface area contributed by atoms with Gasteiger partial charge in [-0.1, -0.05) is 47.7 Å². The molecule has 2 aromatic rings. The molecule has 0 saturated heterocycles. The maximum absolute atomic E-state index is 12.0. The van der Waals surface area contributed by atoms with Crippen LogP contribution in [0.5, 0.6) is 0 Å². The fraction of sp³-hybridized carbons (Fsp3) is 0.154. The number of nitrogens with two attached hydrogens (primary N) is 1. The Morgan fingerprint density at radius 2 is 2.11 bits per heavy atom. The number of amides is 1. The van der Waals surface area contributed by atoms with Gasteiger partial charge >= 0.3 is 0 Å². The molecule has 19 heavy (non-hydrogen) atoms. The van der Waals surface area contributed by atoms with Gasteiger partial charge in [0.05, 0.1) is 5.69 Å². The Bertz CT molecular complexity index is 595. The van der Waals surface area contributed by atoms with Gasteiger partial charge in [0.25, 0.3) is 5.91 Å². The molecule has 1 aromatic carbocycles. The molecule has 0 aliphatic heterocycles. The van der Waals surface area contributed by atoms with Crippen molar-refractivity contribution in [3.63, 3.8) is 0 Å². The summed E-state index contributed by atoms with van der Waals surface area (Å²) >= 11 is 4.99. The van der Waals surface area contributed by atoms with E-state index in [1.807, 2.05) is 30.3 Å². The maximum Gasteiger partial charge on any atom is 0.290 e. The number of thiocarbonyl (C=S) groups is 1. The SMILES string of the molecule is Cc1cc(C(=O)NC(C(N)=S)c2ccccc2)on1. The minimum absolute atomic E-state index is 0.134. The first-order valence-corrected chi connectivity index (χ1v) is 6.07. The van der Waals surface area contributed by atoms with Crippen molar-refractivity contribution in [1.29, 1.82) is 0 Å². The third-order valence-corrected chi connectivity index (χ3v) is 2.78. The third-order valence-electron chi connectivity index (χ3n) is 2.54. The standard InChI is InChI=1S/C13H13N3O2S/c1-8-7-10(18-16-8)13(17)15-11(12(14)19)9-5-3-2-4-6-9/h2-7,11H,1H3,(H2,14,19)(H,15,17). The Hall–Kier alpha value is -2.21. The van der Waals surface area contributed by atoms with Gasteiger partial charge in [-0.15, -0.1) is 0 Å². The summed E-state index contributed by atoms with van der Waals surface area (Å²) in [6, 6.07) is 10.3. The average Bonchev–Trinajstić information content (AvgIpc) is 2.83. The summed E-state index contributed by atoms with van der Waals surface area (Å²) < 4.78 is 4.90. The largest absolute Gasteiger partial charge is 0.391 e. The molecule has 2 rings (SSSR count). The first-order chi connectivity index (χ1) is 9.08. The lowest BCUT2D eigenvalue weighted by atomic mass is 10.1. The van der Waals surface area contributed by atoms with E-state index in [2.05, 4.69) is 10.5 Å². The number of carbonyl (C=O) groups excluding carboxylic acids is 1. The molecule has 0 radical (unpaired) electrons. The maximum atomic E-state index is 12.0. The number of rotatable bonds is 4. The Labute approximate surface area is 115 Å². The highest BCUT2D eigenvalue weighted by Gasteiger charge is 2.20. The van der Waals surface area contributed by atoms with Crippen LogP contribution in [-0.2, 0) is 0 Å². The van der Waals surface area contributed by atoms with Crippen LogP contribution in [0.25, 0.3) is 0 Å². The Balaban J connectivity index is 2.18. The predicted octanol–water partition coefficient (Wildman–Crippen LogP) is 1.74. The van der Waals surface area contributed by atoms with E-state index in [0.717, 1.165) is 5.56 Å². The summed E-state index contributed by atoms with van der Waals surface area (Å²) in [5.41, 5.74) is 7.13. The van der Waals surface area contributed by atoms with Crippen molar-refractivity contribution in [2.75, 3.05) is 0 Å². The minimum Gasteiger partial charge on any atom is -0.391 e. The van der Waals surface area contributed by atoms with E-state index in [4.69, 9.17) is 22.5 Å². The fourth-order valence-corrected chi connectivity index (χ4v) is 1.83. The number of nitrogens with one attached hydrogen (secondary N) is 1. The molecule has 1 heterocycles. The number of aryl methyl sites for hydroxylation is 1. The van der Waals surface area contributed by atoms with Crippen molar-refractivity contribution >= 4 is 23.1 Å². The molecule has 98 valence electrons. The van der Waals surface area contributed by atoms with Gasteiger partial charge in [0.1, 0.15) is 11.0 Å². The molecule has 0 saturated carbocycles. The first-order valence-electron chi connectivity index (χ1n) is 5.66. The van der Waals surface area contributed by atoms with Crippen LogP contribution in [0.4, 0.5) is 0 Å². The van der Waals surface area contributed by atoms with Crippen LogP contribution in [0, 0.1) is 6.92 Å². The van der Waals surface area contributed by atoms with Gasteiger partial charge in [-0.25, -0.2) is 0 Å². The van der Waals surface area contributed by atoms with E-state index in [-0.39, 0.29) is 10.7 Å². The zero-order valence-corrected chi connectivity index (χ0v) is 11.1. The third kappa shape index (κ3) is 3.17. The van der Waals surface area contributed by atoms with E-state index in [0.29, 0.717) is 5.69 Å². The van der Waals surface area contributed by atoms with Crippen molar-refractivity contribution in [3.8, 4) is 0 Å². The summed E-state index contributed by atoms with van der Waals surface area (Å²) in [5, 5.41) is 6.39. The van der Waals surface area contributed by atoms with Crippen molar-refractivity contribution < 1.29 is 9.32 Å². The monoisotopic (exact) mass is 275 g/mol. The summed E-state index contributed by atoms with van der Waals surface area (Å²) in [4.78, 5) is 12.2. The second-order valence-electron chi connectivity index (χ2n) is 4.05. The molecule has 5 nitrogen and oxygen atoms in total. The highest BCUT2D eigenvalue weighted by atomic mass is 32.1. The van der Waals surface area contributed by atoms with Gasteiger partial charge in [0.15, 0.2) is 0 Å². The number of aromatic nitrogens is 1. The molecule has 0 spiro atoms. The molecule has 6 heteroatoms. The molecule has 0 aliphatic carbocycles. The zero-order chi connectivity index (χ0) is 13.8. The molecule has 0 fully saturated rings. The van der Waals surface area contributed by atoms with E-state index in [9.17, 15) is 4.79 Å². The zero-order valence-electron chi connectivity index (χ0n) is 10.3. The van der Waals surface area contributed by atoms with Crippen LogP contribution in [0.1, 0.15) is 27.9 Å². The van der Waals surface area contributed by atoms with E-state index >= 15 is 0 Å². The smallest absolute Gasteiger partial charge is 0.290 e. The highest BCUT2D eigenvalue weighted by Crippen LogP contribution is 2.14. The fourth-order valence-electron chi connectivity index (χ4n) is 1.64. The lowest BCUT2D eigenvalue weighted by molar-refractivity contribution is 0.0909. The summed E-state index contributed by atoms with van der Waals surface area (Å²) in [7, 11) is 0. The molecular formula is C13H13N3O2S. The predicted molar refractivity (Wildman–Crippen MR) is 74.7 cm³/mol. The molecule has 1 amide bonds.